The summed E-state index contributed by atoms with van der Waals surface area (Å²) in [5.74, 6) is -10.3. The molecule has 2 aliphatic heterocycles. The minimum Gasteiger partial charge on any atom is -0.456 e. The Bertz CT molecular complexity index is 1850. The predicted molar refractivity (Wildman–Crippen MR) is 233 cm³/mol. The number of aliphatic hydroxyl groups is 4. The molecule has 2 heterocycles. The van der Waals surface area contributed by atoms with Gasteiger partial charge in [0.1, 0.15) is 24.4 Å². The number of ketones is 2. The number of hydrogen-bond acceptors (Lipinski definition) is 18. The molecule has 2 saturated carbocycles. The third-order valence-corrected chi connectivity index (χ3v) is 13.0. The molecule has 0 aromatic heterocycles. The molecule has 4 rings (SSSR count). The number of fused-ring (bicyclic) bond motifs is 2. The number of ether oxygens (including phenoxy) is 6. The molecule has 2 aliphatic carbocycles. The van der Waals surface area contributed by atoms with Crippen LogP contribution in [0.4, 0.5) is 0 Å². The summed E-state index contributed by atoms with van der Waals surface area (Å²) in [6.45, 7) is 26.0. The van der Waals surface area contributed by atoms with Gasteiger partial charge in [-0.2, -0.15) is 0 Å². The van der Waals surface area contributed by atoms with E-state index in [0.717, 1.165) is 0 Å². The first-order valence-electron chi connectivity index (χ1n) is 22.2. The van der Waals surface area contributed by atoms with Crippen LogP contribution in [0.1, 0.15) is 109 Å². The maximum absolute atomic E-state index is 13.0. The highest BCUT2D eigenvalue weighted by atomic mass is 16.6. The third kappa shape index (κ3) is 11.9. The molecule has 0 aromatic rings. The van der Waals surface area contributed by atoms with Gasteiger partial charge >= 0.3 is 35.8 Å². The molecule has 4 N–H and O–H groups in total. The van der Waals surface area contributed by atoms with Crippen LogP contribution in [0.3, 0.4) is 0 Å². The summed E-state index contributed by atoms with van der Waals surface area (Å²) in [7, 11) is 0. The summed E-state index contributed by atoms with van der Waals surface area (Å²) in [5, 5.41) is 44.9. The Morgan fingerprint density at radius 3 is 1.21 bits per heavy atom. The summed E-state index contributed by atoms with van der Waals surface area (Å²) in [4.78, 5) is 101. The number of rotatable bonds is 8. The monoisotopic (exact) mass is 932 g/mol. The zero-order valence-corrected chi connectivity index (χ0v) is 40.0. The molecule has 368 valence electrons. The van der Waals surface area contributed by atoms with Gasteiger partial charge < -0.3 is 48.8 Å². The van der Waals surface area contributed by atoms with Gasteiger partial charge in [0.05, 0.1) is 23.7 Å². The van der Waals surface area contributed by atoms with E-state index in [9.17, 15) is 58.8 Å². The molecule has 14 atom stereocenters. The quantitative estimate of drug-likeness (QED) is 0.154. The van der Waals surface area contributed by atoms with Crippen molar-refractivity contribution in [3.05, 3.63) is 47.6 Å². The highest BCUT2D eigenvalue weighted by Gasteiger charge is 2.60. The molecule has 0 aromatic carbocycles. The number of aliphatic hydroxyl groups excluding tert-OH is 2. The average Bonchev–Trinajstić information content (AvgIpc) is 3.72. The molecule has 4 aliphatic rings. The smallest absolute Gasteiger partial charge is 0.334 e. The van der Waals surface area contributed by atoms with Crippen molar-refractivity contribution in [1.29, 1.82) is 0 Å². The summed E-state index contributed by atoms with van der Waals surface area (Å²) >= 11 is 0. The minimum absolute atomic E-state index is 0.127. The van der Waals surface area contributed by atoms with Gasteiger partial charge in [0.2, 0.25) is 0 Å². The van der Waals surface area contributed by atoms with Crippen LogP contribution >= 0.6 is 0 Å². The molecule has 4 fully saturated rings. The Labute approximate surface area is 385 Å². The van der Waals surface area contributed by atoms with Crippen LogP contribution in [0, 0.1) is 35.5 Å². The number of carbonyl (C=O) groups is 8. The molecule has 0 spiro atoms. The van der Waals surface area contributed by atoms with Crippen LogP contribution in [0.2, 0.25) is 0 Å². The van der Waals surface area contributed by atoms with Gasteiger partial charge in [-0.05, 0) is 66.2 Å². The van der Waals surface area contributed by atoms with E-state index in [1.807, 2.05) is 0 Å². The van der Waals surface area contributed by atoms with Crippen molar-refractivity contribution < 1.29 is 87.2 Å². The molecular formula is C48H68O18. The van der Waals surface area contributed by atoms with Crippen molar-refractivity contribution >= 4 is 47.4 Å². The first-order valence-corrected chi connectivity index (χ1v) is 22.2. The third-order valence-electron chi connectivity index (χ3n) is 13.0. The van der Waals surface area contributed by atoms with Crippen LogP contribution in [-0.2, 0) is 66.8 Å². The van der Waals surface area contributed by atoms with Gasteiger partial charge in [-0.1, -0.05) is 66.9 Å². The normalized spacial score (nSPS) is 35.7. The van der Waals surface area contributed by atoms with Gasteiger partial charge in [-0.15, -0.1) is 0 Å². The van der Waals surface area contributed by atoms with Crippen molar-refractivity contribution in [2.24, 2.45) is 35.5 Å². The Morgan fingerprint density at radius 2 is 0.939 bits per heavy atom. The zero-order chi connectivity index (χ0) is 50.5. The number of hydrogen-bond donors (Lipinski definition) is 4. The molecule has 0 unspecified atom stereocenters. The minimum atomic E-state index is -2.19. The van der Waals surface area contributed by atoms with Gasteiger partial charge in [0.15, 0.2) is 47.2 Å². The lowest BCUT2D eigenvalue weighted by atomic mass is 9.75. The van der Waals surface area contributed by atoms with E-state index >= 15 is 0 Å². The summed E-state index contributed by atoms with van der Waals surface area (Å²) in [6.07, 6.45) is -7.97. The Morgan fingerprint density at radius 1 is 0.636 bits per heavy atom. The van der Waals surface area contributed by atoms with Gasteiger partial charge in [0.25, 0.3) is 0 Å². The van der Waals surface area contributed by atoms with Crippen molar-refractivity contribution in [3.8, 4) is 0 Å². The highest BCUT2D eigenvalue weighted by Crippen LogP contribution is 2.43. The van der Waals surface area contributed by atoms with E-state index in [1.165, 1.54) is 13.8 Å². The number of esters is 6. The second-order valence-corrected chi connectivity index (χ2v) is 18.7. The van der Waals surface area contributed by atoms with Gasteiger partial charge in [-0.25, -0.2) is 19.2 Å². The molecule has 66 heavy (non-hydrogen) atoms. The second kappa shape index (κ2) is 22.2. The Kier molecular flexibility index (Phi) is 18.6. The van der Waals surface area contributed by atoms with Crippen molar-refractivity contribution in [3.63, 3.8) is 0 Å². The van der Waals surface area contributed by atoms with Crippen LogP contribution in [0.15, 0.2) is 47.6 Å². The summed E-state index contributed by atoms with van der Waals surface area (Å²) < 4.78 is 32.9. The first kappa shape index (κ1) is 55.3. The number of carbonyl (C=O) groups excluding carboxylic acids is 8. The summed E-state index contributed by atoms with van der Waals surface area (Å²) in [5.41, 5.74) is -3.99. The van der Waals surface area contributed by atoms with Gasteiger partial charge in [0, 0.05) is 35.1 Å². The van der Waals surface area contributed by atoms with Crippen molar-refractivity contribution in [2.45, 2.75) is 169 Å². The lowest BCUT2D eigenvalue weighted by molar-refractivity contribution is -0.198. The van der Waals surface area contributed by atoms with Gasteiger partial charge in [-0.3, -0.25) is 19.2 Å². The molecule has 0 amide bonds. The standard InChI is InChI=1S/2C24H34O9/c2*1-8-12(4)22(28)31-18-13(5)9-10-15(25)24(7,30)20(33-21(27)11(2)3)19-16(17(18)26)14(6)23(29)32-19/h2*8,11,13,16-20,26,30H,6,9-10H2,1-5,7H3/b2*12-8-/t2*13-,16-,17-,18-,19+,20-,24+/m11/s1. The molecule has 0 radical (unpaired) electrons. The fourth-order valence-electron chi connectivity index (χ4n) is 8.03. The molecule has 0 bridgehead atoms. The van der Waals surface area contributed by atoms with Crippen LogP contribution in [0.5, 0.6) is 0 Å². The SMILES string of the molecule is C=C1C(=O)O[C@H]2[C@H]1[C@@H](O)[C@H](OC(=O)/C(C)=C\C)[C@H](C)CCC(=O)[C@](C)(O)[C@@H]2OC(=O)C(C)C.C=C1C(=O)O[C@H]2[C@H]1[C@@H](O)[C@H](OC(=O)/C(C)=C\C)[C@H](C)CCC(=O)[C@](C)(O)[C@@H]2OC(=O)C(C)C. The van der Waals surface area contributed by atoms with E-state index in [1.54, 1.807) is 81.4 Å². The molecule has 18 nitrogen and oxygen atoms in total. The topological polar surface area (TPSA) is 273 Å². The Balaban J connectivity index is 0.000000350. The fourth-order valence-corrected chi connectivity index (χ4v) is 8.03. The molecular weight excluding hydrogens is 865 g/mol. The second-order valence-electron chi connectivity index (χ2n) is 18.7. The zero-order valence-electron chi connectivity index (χ0n) is 40.0. The van der Waals surface area contributed by atoms with Crippen LogP contribution in [0.25, 0.3) is 0 Å². The average molecular weight is 933 g/mol. The molecule has 2 saturated heterocycles. The lowest BCUT2D eigenvalue weighted by Crippen LogP contribution is -2.59. The first-order chi connectivity index (χ1) is 30.5. The van der Waals surface area contributed by atoms with Crippen LogP contribution in [-0.4, -0.2) is 128 Å². The Hall–Kier alpha value is -5.04. The van der Waals surface area contributed by atoms with E-state index in [2.05, 4.69) is 13.2 Å². The maximum Gasteiger partial charge on any atom is 0.334 e. The number of Topliss-reactive ketones (excluding diaryl/α,β-unsaturated/α-hetero) is 2. The largest absolute Gasteiger partial charge is 0.456 e. The van der Waals surface area contributed by atoms with E-state index in [-0.39, 0.29) is 36.8 Å². The van der Waals surface area contributed by atoms with E-state index in [4.69, 9.17) is 28.4 Å². The van der Waals surface area contributed by atoms with Crippen molar-refractivity contribution in [1.82, 2.24) is 0 Å². The predicted octanol–water partition coefficient (Wildman–Crippen LogP) is 3.28. The maximum atomic E-state index is 13.0. The summed E-state index contributed by atoms with van der Waals surface area (Å²) in [6, 6.07) is 0. The van der Waals surface area contributed by atoms with Crippen LogP contribution < -0.4 is 0 Å². The highest BCUT2D eigenvalue weighted by molar-refractivity contribution is 5.94. The van der Waals surface area contributed by atoms with E-state index < -0.39 is 143 Å². The lowest BCUT2D eigenvalue weighted by Gasteiger charge is -2.40. The number of allylic oxidation sites excluding steroid dienone is 2. The fraction of sp³-hybridized carbons (Fsp3) is 0.667. The van der Waals surface area contributed by atoms with Crippen molar-refractivity contribution in [2.75, 3.05) is 0 Å². The molecule has 18 heteroatoms. The van der Waals surface area contributed by atoms with E-state index in [0.29, 0.717) is 11.1 Å².